The van der Waals surface area contributed by atoms with Crippen LogP contribution in [0.4, 0.5) is 5.69 Å². The van der Waals surface area contributed by atoms with Gasteiger partial charge < -0.3 is 0 Å². The molecule has 3 nitrogen and oxygen atoms in total. The van der Waals surface area contributed by atoms with E-state index in [0.29, 0.717) is 0 Å². The molecule has 0 fully saturated rings. The Kier molecular flexibility index (Phi) is 4.71. The van der Waals surface area contributed by atoms with Gasteiger partial charge in [0.1, 0.15) is 6.54 Å². The van der Waals surface area contributed by atoms with Gasteiger partial charge in [0.25, 0.3) is 0 Å². The topological polar surface area (TPSA) is 24.2 Å². The minimum Gasteiger partial charge on any atom is -0.288 e. The number of anilines is 1. The summed E-state index contributed by atoms with van der Waals surface area (Å²) in [6.45, 7) is 4.63. The zero-order valence-electron chi connectivity index (χ0n) is 14.0. The van der Waals surface area contributed by atoms with Gasteiger partial charge in [0.2, 0.25) is 11.4 Å². The number of carbonyl (C=O) groups is 1. The van der Waals surface area contributed by atoms with Crippen molar-refractivity contribution in [3.8, 4) is 0 Å². The van der Waals surface area contributed by atoms with Crippen LogP contribution in [0.1, 0.15) is 19.4 Å². The Hall–Kier alpha value is -2.94. The number of pyridine rings is 1. The maximum Gasteiger partial charge on any atom is 0.227 e. The molecule has 0 bridgehead atoms. The predicted molar refractivity (Wildman–Crippen MR) is 98.5 cm³/mol. The molecule has 3 rings (SSSR count). The van der Waals surface area contributed by atoms with Crippen LogP contribution in [0.2, 0.25) is 0 Å². The molecular weight excluding hydrogens is 296 g/mol. The van der Waals surface area contributed by atoms with Gasteiger partial charge in [0.15, 0.2) is 6.20 Å². The monoisotopic (exact) mass is 317 g/mol. The van der Waals surface area contributed by atoms with Crippen molar-refractivity contribution in [3.63, 3.8) is 0 Å². The maximum atomic E-state index is 12.0. The Morgan fingerprint density at radius 2 is 1.75 bits per heavy atom. The van der Waals surface area contributed by atoms with E-state index in [1.807, 2.05) is 54.7 Å². The first-order valence-corrected chi connectivity index (χ1v) is 8.15. The van der Waals surface area contributed by atoms with Crippen LogP contribution in [0, 0.1) is 0 Å². The summed E-state index contributed by atoms with van der Waals surface area (Å²) in [5.74, 6) is -0.0127. The molecule has 1 aromatic heterocycles. The van der Waals surface area contributed by atoms with E-state index >= 15 is 0 Å². The third-order valence-electron chi connectivity index (χ3n) is 4.08. The van der Waals surface area contributed by atoms with Crippen LogP contribution in [-0.2, 0) is 11.3 Å². The largest absolute Gasteiger partial charge is 0.288 e. The molecule has 3 heteroatoms. The third kappa shape index (κ3) is 3.20. The lowest BCUT2D eigenvalue weighted by molar-refractivity contribution is -0.667. The minimum atomic E-state index is -0.0127. The summed E-state index contributed by atoms with van der Waals surface area (Å²) < 4.78 is 2.21. The third-order valence-corrected chi connectivity index (χ3v) is 4.08. The average Bonchev–Trinajstić information content (AvgIpc) is 2.62. The predicted octanol–water partition coefficient (Wildman–Crippen LogP) is 4.17. The van der Waals surface area contributed by atoms with E-state index in [0.717, 1.165) is 17.8 Å². The summed E-state index contributed by atoms with van der Waals surface area (Å²) in [6.07, 6.45) is 5.93. The normalized spacial score (nSPS) is 11.1. The fourth-order valence-electron chi connectivity index (χ4n) is 2.85. The van der Waals surface area contributed by atoms with Crippen LogP contribution in [-0.4, -0.2) is 5.91 Å². The number of hydrogen-bond donors (Lipinski definition) is 0. The van der Waals surface area contributed by atoms with Crippen molar-refractivity contribution in [3.05, 3.63) is 78.6 Å². The zero-order valence-corrected chi connectivity index (χ0v) is 14.0. The van der Waals surface area contributed by atoms with Gasteiger partial charge in [-0.3, -0.25) is 9.69 Å². The highest BCUT2D eigenvalue weighted by atomic mass is 16.2. The van der Waals surface area contributed by atoms with E-state index in [9.17, 15) is 4.79 Å². The van der Waals surface area contributed by atoms with Crippen LogP contribution in [0.15, 0.2) is 73.1 Å². The molecule has 0 saturated heterocycles. The summed E-state index contributed by atoms with van der Waals surface area (Å²) in [6, 6.07) is 20.1. The molecule has 0 aliphatic rings. The van der Waals surface area contributed by atoms with Gasteiger partial charge in [-0.05, 0) is 36.8 Å². The second-order valence-electron chi connectivity index (χ2n) is 5.61. The lowest BCUT2D eigenvalue weighted by Crippen LogP contribution is -2.32. The van der Waals surface area contributed by atoms with Crippen LogP contribution in [0.5, 0.6) is 0 Å². The van der Waals surface area contributed by atoms with Gasteiger partial charge >= 0.3 is 0 Å². The fourth-order valence-corrected chi connectivity index (χ4v) is 2.85. The highest BCUT2D eigenvalue weighted by Gasteiger charge is 2.11. The number of nitrogens with zero attached hydrogens (tertiary/aromatic N) is 2. The highest BCUT2D eigenvalue weighted by molar-refractivity contribution is 5.95. The number of aromatic nitrogens is 1. The lowest BCUT2D eigenvalue weighted by atomic mass is 10.1. The first kappa shape index (κ1) is 15.9. The Morgan fingerprint density at radius 1 is 1.04 bits per heavy atom. The molecule has 3 aromatic rings. The molecule has 0 radical (unpaired) electrons. The van der Waals surface area contributed by atoms with Gasteiger partial charge in [-0.15, -0.1) is 0 Å². The van der Waals surface area contributed by atoms with Gasteiger partial charge in [0, 0.05) is 30.9 Å². The number of benzene rings is 2. The second kappa shape index (κ2) is 7.09. The van der Waals surface area contributed by atoms with Crippen molar-refractivity contribution < 1.29 is 9.36 Å². The van der Waals surface area contributed by atoms with Crippen LogP contribution >= 0.6 is 0 Å². The quantitative estimate of drug-likeness (QED) is 0.663. The van der Waals surface area contributed by atoms with Crippen molar-refractivity contribution in [1.29, 1.82) is 0 Å². The molecule has 0 unspecified atom stereocenters. The van der Waals surface area contributed by atoms with Gasteiger partial charge in [-0.2, -0.15) is 4.57 Å². The van der Waals surface area contributed by atoms with Crippen LogP contribution in [0.3, 0.4) is 0 Å². The molecule has 0 aliphatic heterocycles. The van der Waals surface area contributed by atoms with E-state index < -0.39 is 0 Å². The first-order valence-electron chi connectivity index (χ1n) is 8.15. The molecule has 0 aliphatic carbocycles. The average molecular weight is 317 g/mol. The number of carbonyl (C=O) groups excluding carboxylic acids is 1. The number of fused-ring (bicyclic) bond motifs is 1. The number of aryl methyl sites for hydroxylation is 1. The summed E-state index contributed by atoms with van der Waals surface area (Å²) in [5, 5.41) is 1.18. The van der Waals surface area contributed by atoms with Crippen molar-refractivity contribution in [2.24, 2.45) is 0 Å². The number of para-hydroxylation sites is 2. The van der Waals surface area contributed by atoms with Crippen molar-refractivity contribution in [2.45, 2.75) is 20.4 Å². The SMILES string of the molecule is CC[n+]1ccc(/C=C/N(C(C)=O)c2ccccc2)c2ccccc21. The second-order valence-corrected chi connectivity index (χ2v) is 5.61. The Balaban J connectivity index is 2.02. The summed E-state index contributed by atoms with van der Waals surface area (Å²) >= 11 is 0. The lowest BCUT2D eigenvalue weighted by Gasteiger charge is -2.16. The maximum absolute atomic E-state index is 12.0. The van der Waals surface area contributed by atoms with Gasteiger partial charge in [-0.1, -0.05) is 30.3 Å². The van der Waals surface area contributed by atoms with Crippen molar-refractivity contribution in [1.82, 2.24) is 0 Å². The van der Waals surface area contributed by atoms with Crippen molar-refractivity contribution in [2.75, 3.05) is 4.90 Å². The molecule has 0 saturated carbocycles. The molecule has 24 heavy (non-hydrogen) atoms. The molecule has 1 amide bonds. The minimum absolute atomic E-state index is 0.0127. The summed E-state index contributed by atoms with van der Waals surface area (Å²) in [5.41, 5.74) is 3.15. The Morgan fingerprint density at radius 3 is 2.46 bits per heavy atom. The van der Waals surface area contributed by atoms with Crippen LogP contribution < -0.4 is 9.47 Å². The fraction of sp³-hybridized carbons (Fsp3) is 0.143. The Labute approximate surface area is 142 Å². The first-order chi connectivity index (χ1) is 11.7. The number of amides is 1. The summed E-state index contributed by atoms with van der Waals surface area (Å²) in [7, 11) is 0. The smallest absolute Gasteiger partial charge is 0.227 e. The molecule has 1 heterocycles. The summed E-state index contributed by atoms with van der Waals surface area (Å²) in [4.78, 5) is 13.7. The highest BCUT2D eigenvalue weighted by Crippen LogP contribution is 2.19. The molecule has 0 N–H and O–H groups in total. The van der Waals surface area contributed by atoms with E-state index in [2.05, 4.69) is 35.9 Å². The van der Waals surface area contributed by atoms with Crippen molar-refractivity contribution >= 4 is 28.6 Å². The van der Waals surface area contributed by atoms with Gasteiger partial charge in [-0.25, -0.2) is 0 Å². The molecule has 120 valence electrons. The molecular formula is C21H21N2O+. The van der Waals surface area contributed by atoms with E-state index in [1.54, 1.807) is 11.8 Å². The standard InChI is InChI=1S/C21H21N2O/c1-3-22-15-13-18(20-11-7-8-12-21(20)22)14-16-23(17(2)24)19-9-5-4-6-10-19/h4-16H,3H2,1-2H3/q+1. The van der Waals surface area contributed by atoms with Crippen LogP contribution in [0.25, 0.3) is 17.0 Å². The molecule has 0 spiro atoms. The molecule has 2 aromatic carbocycles. The number of hydrogen-bond acceptors (Lipinski definition) is 1. The zero-order chi connectivity index (χ0) is 16.9. The molecule has 0 atom stereocenters. The van der Waals surface area contributed by atoms with Gasteiger partial charge in [0.05, 0.1) is 5.39 Å². The Bertz CT molecular complexity index is 885. The number of rotatable bonds is 4. The van der Waals surface area contributed by atoms with E-state index in [4.69, 9.17) is 0 Å². The van der Waals surface area contributed by atoms with E-state index in [-0.39, 0.29) is 5.91 Å². The van der Waals surface area contributed by atoms with E-state index in [1.165, 1.54) is 10.9 Å².